The molecule has 1 amide bonds. The molecule has 0 radical (unpaired) electrons. The van der Waals surface area contributed by atoms with Crippen LogP contribution >= 0.6 is 0 Å². The summed E-state index contributed by atoms with van der Waals surface area (Å²) >= 11 is 0. The molecule has 0 fully saturated rings. The fourth-order valence-corrected chi connectivity index (χ4v) is 1.64. The van der Waals surface area contributed by atoms with Crippen molar-refractivity contribution in [1.29, 1.82) is 0 Å². The van der Waals surface area contributed by atoms with Crippen LogP contribution in [0.3, 0.4) is 0 Å². The molecule has 0 unspecified atom stereocenters. The molecular weight excluding hydrogens is 254 g/mol. The van der Waals surface area contributed by atoms with Gasteiger partial charge in [0.1, 0.15) is 0 Å². The minimum Gasteiger partial charge on any atom is -0.478 e. The van der Waals surface area contributed by atoms with Gasteiger partial charge in [0.2, 0.25) is 0 Å². The van der Waals surface area contributed by atoms with Gasteiger partial charge in [-0.05, 0) is 35.9 Å². The van der Waals surface area contributed by atoms with Crippen LogP contribution in [0.25, 0.3) is 6.08 Å². The molecule has 0 spiro atoms. The van der Waals surface area contributed by atoms with Crippen molar-refractivity contribution in [3.63, 3.8) is 0 Å². The van der Waals surface area contributed by atoms with E-state index in [4.69, 9.17) is 5.11 Å². The number of aliphatic carboxylic acids is 1. The number of para-hydroxylation sites is 1. The number of carbonyl (C=O) groups is 2. The summed E-state index contributed by atoms with van der Waals surface area (Å²) in [5.41, 5.74) is 1.97. The third kappa shape index (κ3) is 3.81. The average molecular weight is 267 g/mol. The number of carboxylic acid groups (broad SMARTS) is 1. The maximum absolute atomic E-state index is 12.0. The quantitative estimate of drug-likeness (QED) is 0.837. The zero-order valence-electron chi connectivity index (χ0n) is 10.6. The van der Waals surface area contributed by atoms with Crippen LogP contribution in [0.15, 0.2) is 60.7 Å². The summed E-state index contributed by atoms with van der Waals surface area (Å²) in [6.45, 7) is 0. The molecule has 0 aliphatic heterocycles. The van der Waals surface area contributed by atoms with Gasteiger partial charge in [-0.15, -0.1) is 0 Å². The summed E-state index contributed by atoms with van der Waals surface area (Å²) in [6, 6.07) is 15.9. The van der Waals surface area contributed by atoms with Gasteiger partial charge in [0.05, 0.1) is 0 Å². The lowest BCUT2D eigenvalue weighted by Crippen LogP contribution is -2.11. The van der Waals surface area contributed by atoms with Gasteiger partial charge in [-0.3, -0.25) is 4.79 Å². The Bertz CT molecular complexity index is 631. The molecular formula is C16H13NO3. The molecule has 0 heterocycles. The molecule has 2 aromatic rings. The molecule has 0 atom stereocenters. The number of rotatable bonds is 4. The van der Waals surface area contributed by atoms with E-state index >= 15 is 0 Å². The molecule has 0 aliphatic rings. The second-order valence-electron chi connectivity index (χ2n) is 4.11. The Balaban J connectivity index is 2.06. The van der Waals surface area contributed by atoms with Gasteiger partial charge >= 0.3 is 5.97 Å². The van der Waals surface area contributed by atoms with Crippen molar-refractivity contribution in [3.05, 3.63) is 71.8 Å². The third-order valence-electron chi connectivity index (χ3n) is 2.62. The first-order valence-corrected chi connectivity index (χ1v) is 6.02. The van der Waals surface area contributed by atoms with E-state index < -0.39 is 5.97 Å². The van der Waals surface area contributed by atoms with E-state index in [0.717, 1.165) is 17.3 Å². The van der Waals surface area contributed by atoms with E-state index in [2.05, 4.69) is 5.32 Å². The smallest absolute Gasteiger partial charge is 0.328 e. The molecule has 4 heteroatoms. The maximum Gasteiger partial charge on any atom is 0.328 e. The zero-order chi connectivity index (χ0) is 14.4. The summed E-state index contributed by atoms with van der Waals surface area (Å²) < 4.78 is 0. The molecule has 2 N–H and O–H groups in total. The zero-order valence-corrected chi connectivity index (χ0v) is 10.6. The topological polar surface area (TPSA) is 66.4 Å². The number of carbonyl (C=O) groups excluding carboxylic acids is 1. The Hall–Kier alpha value is -2.88. The monoisotopic (exact) mass is 267 g/mol. The first kappa shape index (κ1) is 13.5. The maximum atomic E-state index is 12.0. The van der Waals surface area contributed by atoms with E-state index in [0.29, 0.717) is 5.56 Å². The number of hydrogen-bond donors (Lipinski definition) is 2. The molecule has 4 nitrogen and oxygen atoms in total. The Labute approximate surface area is 116 Å². The van der Waals surface area contributed by atoms with Crippen molar-refractivity contribution < 1.29 is 14.7 Å². The van der Waals surface area contributed by atoms with Crippen LogP contribution in [0.2, 0.25) is 0 Å². The summed E-state index contributed by atoms with van der Waals surface area (Å²) in [7, 11) is 0. The van der Waals surface area contributed by atoms with Gasteiger partial charge in [0.25, 0.3) is 5.91 Å². The summed E-state index contributed by atoms with van der Waals surface area (Å²) in [5.74, 6) is -1.21. The van der Waals surface area contributed by atoms with E-state index in [1.807, 2.05) is 30.3 Å². The molecule has 100 valence electrons. The van der Waals surface area contributed by atoms with Crippen LogP contribution in [0, 0.1) is 0 Å². The first-order chi connectivity index (χ1) is 9.65. The van der Waals surface area contributed by atoms with Gasteiger partial charge in [-0.25, -0.2) is 4.79 Å². The van der Waals surface area contributed by atoms with Gasteiger partial charge in [0.15, 0.2) is 0 Å². The van der Waals surface area contributed by atoms with Crippen molar-refractivity contribution in [3.8, 4) is 0 Å². The second-order valence-corrected chi connectivity index (χ2v) is 4.11. The van der Waals surface area contributed by atoms with Crippen LogP contribution in [0.5, 0.6) is 0 Å². The minimum absolute atomic E-state index is 0.204. The van der Waals surface area contributed by atoms with E-state index in [-0.39, 0.29) is 5.91 Å². The average Bonchev–Trinajstić information content (AvgIpc) is 2.46. The highest BCUT2D eigenvalue weighted by Crippen LogP contribution is 2.10. The molecule has 2 rings (SSSR count). The molecule has 0 saturated carbocycles. The van der Waals surface area contributed by atoms with E-state index in [1.165, 1.54) is 6.08 Å². The van der Waals surface area contributed by atoms with Crippen molar-refractivity contribution in [1.82, 2.24) is 0 Å². The lowest BCUT2D eigenvalue weighted by Gasteiger charge is -2.05. The van der Waals surface area contributed by atoms with Gasteiger partial charge < -0.3 is 10.4 Å². The summed E-state index contributed by atoms with van der Waals surface area (Å²) in [5, 5.41) is 11.3. The predicted molar refractivity (Wildman–Crippen MR) is 77.5 cm³/mol. The normalized spacial score (nSPS) is 10.4. The highest BCUT2D eigenvalue weighted by Gasteiger charge is 2.05. The predicted octanol–water partition coefficient (Wildman–Crippen LogP) is 3.04. The van der Waals surface area contributed by atoms with Crippen LogP contribution in [0.1, 0.15) is 15.9 Å². The van der Waals surface area contributed by atoms with Crippen molar-refractivity contribution in [2.75, 3.05) is 5.32 Å². The highest BCUT2D eigenvalue weighted by molar-refractivity contribution is 6.04. The number of benzene rings is 2. The van der Waals surface area contributed by atoms with Crippen molar-refractivity contribution in [2.45, 2.75) is 0 Å². The number of nitrogens with one attached hydrogen (secondary N) is 1. The van der Waals surface area contributed by atoms with Crippen LogP contribution in [0.4, 0.5) is 5.69 Å². The lowest BCUT2D eigenvalue weighted by molar-refractivity contribution is -0.131. The minimum atomic E-state index is -1.00. The number of hydrogen-bond acceptors (Lipinski definition) is 2. The fraction of sp³-hybridized carbons (Fsp3) is 0. The molecule has 2 aromatic carbocycles. The van der Waals surface area contributed by atoms with Crippen LogP contribution in [-0.4, -0.2) is 17.0 Å². The number of amides is 1. The van der Waals surface area contributed by atoms with Gasteiger partial charge in [-0.2, -0.15) is 0 Å². The molecule has 0 saturated heterocycles. The molecule has 0 aromatic heterocycles. The molecule has 0 aliphatic carbocycles. The van der Waals surface area contributed by atoms with Gasteiger partial charge in [-0.1, -0.05) is 30.3 Å². The third-order valence-corrected chi connectivity index (χ3v) is 2.62. The first-order valence-electron chi connectivity index (χ1n) is 6.02. The van der Waals surface area contributed by atoms with E-state index in [1.54, 1.807) is 24.3 Å². The Morgan fingerprint density at radius 2 is 1.60 bits per heavy atom. The molecule has 20 heavy (non-hydrogen) atoms. The number of anilines is 1. The van der Waals surface area contributed by atoms with Gasteiger partial charge in [0, 0.05) is 17.3 Å². The van der Waals surface area contributed by atoms with Crippen LogP contribution < -0.4 is 5.32 Å². The fourth-order valence-electron chi connectivity index (χ4n) is 1.64. The van der Waals surface area contributed by atoms with Crippen molar-refractivity contribution in [2.24, 2.45) is 0 Å². The largest absolute Gasteiger partial charge is 0.478 e. The highest BCUT2D eigenvalue weighted by atomic mass is 16.4. The Morgan fingerprint density at radius 1 is 0.950 bits per heavy atom. The van der Waals surface area contributed by atoms with Crippen molar-refractivity contribution >= 4 is 23.6 Å². The van der Waals surface area contributed by atoms with E-state index in [9.17, 15) is 9.59 Å². The molecule has 0 bridgehead atoms. The SMILES string of the molecule is O=C(O)C=Cc1ccc(C(=O)Nc2ccccc2)cc1. The standard InChI is InChI=1S/C16H13NO3/c18-15(19)11-8-12-6-9-13(10-7-12)16(20)17-14-4-2-1-3-5-14/h1-11H,(H,17,20)(H,18,19). The summed E-state index contributed by atoms with van der Waals surface area (Å²) in [6.07, 6.45) is 2.53. The number of carboxylic acids is 1. The second kappa shape index (κ2) is 6.33. The Kier molecular flexibility index (Phi) is 4.29. The van der Waals surface area contributed by atoms with Crippen LogP contribution in [-0.2, 0) is 4.79 Å². The Morgan fingerprint density at radius 3 is 2.20 bits per heavy atom. The lowest BCUT2D eigenvalue weighted by atomic mass is 10.1. The summed E-state index contributed by atoms with van der Waals surface area (Å²) in [4.78, 5) is 22.4.